The SMILES string of the molecule is CCC(C)CCCCCCCCC(=O)OC[C@H](COP(=O)(O)OCC(O)COP(=O)(O)OC[C@@H](COC(=O)CCCCCCCCCC(C)C)OC(=O)CCCCCCCCCCCCCCCC(C)C)OC(=O)CCCCCCCCCCCCCCCC(C)C. The molecule has 0 aliphatic carbocycles. The van der Waals surface area contributed by atoms with Crippen molar-refractivity contribution in [1.29, 1.82) is 0 Å². The van der Waals surface area contributed by atoms with Gasteiger partial charge in [-0.15, -0.1) is 0 Å². The van der Waals surface area contributed by atoms with E-state index in [1.807, 2.05) is 0 Å². The van der Waals surface area contributed by atoms with Crippen molar-refractivity contribution < 1.29 is 80.2 Å². The molecule has 4 unspecified atom stereocenters. The minimum Gasteiger partial charge on any atom is -0.462 e. The van der Waals surface area contributed by atoms with Crippen LogP contribution in [0.4, 0.5) is 0 Å². The first-order valence-electron chi connectivity index (χ1n) is 37.7. The van der Waals surface area contributed by atoms with Gasteiger partial charge in [0, 0.05) is 25.7 Å². The van der Waals surface area contributed by atoms with Crippen LogP contribution >= 0.6 is 15.6 Å². The first-order valence-corrected chi connectivity index (χ1v) is 40.7. The molecule has 3 N–H and O–H groups in total. The Hall–Kier alpha value is -1.94. The van der Waals surface area contributed by atoms with Gasteiger partial charge < -0.3 is 33.8 Å². The van der Waals surface area contributed by atoms with Crippen LogP contribution in [0.25, 0.3) is 0 Å². The number of phosphoric ester groups is 2. The van der Waals surface area contributed by atoms with E-state index in [1.54, 1.807) is 0 Å². The second-order valence-electron chi connectivity index (χ2n) is 28.0. The molecule has 19 heteroatoms. The largest absolute Gasteiger partial charge is 0.472 e. The van der Waals surface area contributed by atoms with Crippen molar-refractivity contribution in [3.8, 4) is 0 Å². The second-order valence-corrected chi connectivity index (χ2v) is 30.9. The van der Waals surface area contributed by atoms with Crippen LogP contribution in [0.2, 0.25) is 0 Å². The number of phosphoric acid groups is 2. The van der Waals surface area contributed by atoms with Gasteiger partial charge in [0.1, 0.15) is 19.3 Å². The summed E-state index contributed by atoms with van der Waals surface area (Å²) in [6.45, 7) is 14.1. The molecule has 0 amide bonds. The number of carbonyl (C=O) groups is 4. The average molecular weight is 1350 g/mol. The zero-order valence-electron chi connectivity index (χ0n) is 60.2. The third-order valence-electron chi connectivity index (χ3n) is 17.2. The van der Waals surface area contributed by atoms with Crippen molar-refractivity contribution >= 4 is 39.5 Å². The lowest BCUT2D eigenvalue weighted by atomic mass is 10.00. The molecule has 0 radical (unpaired) electrons. The Bertz CT molecular complexity index is 1820. The van der Waals surface area contributed by atoms with Crippen molar-refractivity contribution in [3.63, 3.8) is 0 Å². The maximum atomic E-state index is 13.0. The van der Waals surface area contributed by atoms with E-state index in [2.05, 4.69) is 55.4 Å². The molecule has 0 aliphatic rings. The molecular formula is C73H142O17P2. The topological polar surface area (TPSA) is 237 Å². The van der Waals surface area contributed by atoms with Gasteiger partial charge in [0.2, 0.25) is 0 Å². The smallest absolute Gasteiger partial charge is 0.462 e. The summed E-state index contributed by atoms with van der Waals surface area (Å²) in [6, 6.07) is 0. The van der Waals surface area contributed by atoms with Crippen molar-refractivity contribution in [2.75, 3.05) is 39.6 Å². The number of aliphatic hydroxyl groups is 1. The summed E-state index contributed by atoms with van der Waals surface area (Å²) in [4.78, 5) is 72.7. The van der Waals surface area contributed by atoms with Gasteiger partial charge in [0.25, 0.3) is 0 Å². The Morgan fingerprint density at radius 1 is 0.304 bits per heavy atom. The monoisotopic (exact) mass is 1350 g/mol. The molecule has 0 aromatic carbocycles. The number of esters is 4. The van der Waals surface area contributed by atoms with Crippen LogP contribution in [0, 0.1) is 23.7 Å². The molecule has 6 atom stereocenters. The molecule has 0 heterocycles. The lowest BCUT2D eigenvalue weighted by Crippen LogP contribution is -2.30. The Labute approximate surface area is 562 Å². The summed E-state index contributed by atoms with van der Waals surface area (Å²) >= 11 is 0. The molecule has 0 aromatic heterocycles. The predicted molar refractivity (Wildman–Crippen MR) is 372 cm³/mol. The Kier molecular flexibility index (Phi) is 61.3. The molecule has 17 nitrogen and oxygen atoms in total. The van der Waals surface area contributed by atoms with Gasteiger partial charge in [-0.1, -0.05) is 312 Å². The molecule has 0 rings (SSSR count). The third kappa shape index (κ3) is 65.4. The number of ether oxygens (including phenoxy) is 4. The Morgan fingerprint density at radius 3 is 0.772 bits per heavy atom. The fraction of sp³-hybridized carbons (Fsp3) is 0.945. The van der Waals surface area contributed by atoms with Gasteiger partial charge in [0.15, 0.2) is 12.2 Å². The Balaban J connectivity index is 5.23. The summed E-state index contributed by atoms with van der Waals surface area (Å²) in [5.41, 5.74) is 0. The zero-order valence-corrected chi connectivity index (χ0v) is 62.0. The highest BCUT2D eigenvalue weighted by atomic mass is 31.2. The summed E-state index contributed by atoms with van der Waals surface area (Å²) in [7, 11) is -9.91. The highest BCUT2D eigenvalue weighted by Crippen LogP contribution is 2.45. The standard InChI is InChI=1S/C73H142O17P2/c1-9-66(8)52-44-36-31-32-38-46-54-71(76)84-60-69(90-73(78)56-48-40-29-23-19-15-11-13-17-21-26-34-42-50-64(4)5)62-88-92(81,82)86-58-67(74)57-85-91(79,80)87-61-68(59-83-70(75)53-45-37-30-24-27-35-43-51-65(6)7)89-72(77)55-47-39-28-22-18-14-10-12-16-20-25-33-41-49-63(2)3/h63-69,74H,9-62H2,1-8H3,(H,79,80)(H,81,82)/t66?,67?,68-,69-/m1/s1. The van der Waals surface area contributed by atoms with Crippen LogP contribution < -0.4 is 0 Å². The van der Waals surface area contributed by atoms with Gasteiger partial charge in [-0.25, -0.2) is 9.13 Å². The van der Waals surface area contributed by atoms with Gasteiger partial charge in [-0.3, -0.25) is 37.3 Å². The van der Waals surface area contributed by atoms with Crippen LogP contribution in [0.1, 0.15) is 364 Å². The van der Waals surface area contributed by atoms with Gasteiger partial charge in [0.05, 0.1) is 26.4 Å². The molecule has 546 valence electrons. The van der Waals surface area contributed by atoms with E-state index in [-0.39, 0.29) is 25.7 Å². The number of carbonyl (C=O) groups excluding carboxylic acids is 4. The fourth-order valence-corrected chi connectivity index (χ4v) is 12.6. The van der Waals surface area contributed by atoms with Crippen molar-refractivity contribution in [2.45, 2.75) is 382 Å². The maximum absolute atomic E-state index is 13.0. The lowest BCUT2D eigenvalue weighted by molar-refractivity contribution is -0.161. The summed E-state index contributed by atoms with van der Waals surface area (Å²) in [5.74, 6) is 0.882. The molecular weight excluding hydrogens is 1210 g/mol. The van der Waals surface area contributed by atoms with Crippen LogP contribution in [-0.2, 0) is 65.4 Å². The molecule has 0 aliphatic heterocycles. The van der Waals surface area contributed by atoms with E-state index in [4.69, 9.17) is 37.0 Å². The zero-order chi connectivity index (χ0) is 68.2. The highest BCUT2D eigenvalue weighted by Gasteiger charge is 2.30. The second kappa shape index (κ2) is 62.6. The molecule has 92 heavy (non-hydrogen) atoms. The van der Waals surface area contributed by atoms with Crippen LogP contribution in [-0.4, -0.2) is 96.7 Å². The third-order valence-corrected chi connectivity index (χ3v) is 19.1. The van der Waals surface area contributed by atoms with E-state index in [9.17, 15) is 43.2 Å². The van der Waals surface area contributed by atoms with E-state index in [1.165, 1.54) is 154 Å². The molecule has 0 fully saturated rings. The normalized spacial score (nSPS) is 14.5. The minimum absolute atomic E-state index is 0.106. The number of aliphatic hydroxyl groups excluding tert-OH is 1. The lowest BCUT2D eigenvalue weighted by Gasteiger charge is -2.21. The maximum Gasteiger partial charge on any atom is 0.472 e. The Morgan fingerprint density at radius 2 is 0.522 bits per heavy atom. The first kappa shape index (κ1) is 90.1. The summed E-state index contributed by atoms with van der Waals surface area (Å²) in [6.07, 6.45) is 45.9. The number of unbranched alkanes of at least 4 members (excludes halogenated alkanes) is 35. The molecule has 0 spiro atoms. The van der Waals surface area contributed by atoms with Crippen LogP contribution in [0.3, 0.4) is 0 Å². The number of rotatable bonds is 70. The first-order chi connectivity index (χ1) is 44.1. The molecule has 0 saturated carbocycles. The van der Waals surface area contributed by atoms with E-state index >= 15 is 0 Å². The average Bonchev–Trinajstić information content (AvgIpc) is 2.78. The summed E-state index contributed by atoms with van der Waals surface area (Å²) < 4.78 is 68.4. The fourth-order valence-electron chi connectivity index (χ4n) is 11.0. The highest BCUT2D eigenvalue weighted by molar-refractivity contribution is 7.47. The minimum atomic E-state index is -4.95. The molecule has 0 bridgehead atoms. The molecule has 0 aromatic rings. The van der Waals surface area contributed by atoms with Gasteiger partial charge >= 0.3 is 39.5 Å². The quantitative estimate of drug-likeness (QED) is 0.0222. The van der Waals surface area contributed by atoms with Gasteiger partial charge in [-0.2, -0.15) is 0 Å². The van der Waals surface area contributed by atoms with Gasteiger partial charge in [-0.05, 0) is 49.4 Å². The predicted octanol–water partition coefficient (Wildman–Crippen LogP) is 20.9. The van der Waals surface area contributed by atoms with Crippen LogP contribution in [0.15, 0.2) is 0 Å². The van der Waals surface area contributed by atoms with E-state index in [0.717, 1.165) is 120 Å². The molecule has 0 saturated heterocycles. The van der Waals surface area contributed by atoms with E-state index in [0.29, 0.717) is 31.6 Å². The number of hydrogen-bond donors (Lipinski definition) is 3. The van der Waals surface area contributed by atoms with Crippen molar-refractivity contribution in [3.05, 3.63) is 0 Å². The van der Waals surface area contributed by atoms with E-state index < -0.39 is 97.5 Å². The number of hydrogen-bond acceptors (Lipinski definition) is 15. The van der Waals surface area contributed by atoms with Crippen molar-refractivity contribution in [1.82, 2.24) is 0 Å². The van der Waals surface area contributed by atoms with Crippen molar-refractivity contribution in [2.24, 2.45) is 23.7 Å². The van der Waals surface area contributed by atoms with Crippen LogP contribution in [0.5, 0.6) is 0 Å². The summed E-state index contributed by atoms with van der Waals surface area (Å²) in [5, 5.41) is 10.6.